The number of nitrogens with zero attached hydrogens (tertiary/aromatic N) is 1. The van der Waals surface area contributed by atoms with Gasteiger partial charge in [0.2, 0.25) is 0 Å². The Labute approximate surface area is 120 Å². The summed E-state index contributed by atoms with van der Waals surface area (Å²) in [6.45, 7) is 4.36. The molecule has 0 fully saturated rings. The van der Waals surface area contributed by atoms with Gasteiger partial charge in [-0.15, -0.1) is 11.6 Å². The van der Waals surface area contributed by atoms with Crippen molar-refractivity contribution in [3.8, 4) is 0 Å². The molecule has 0 aliphatic rings. The molecule has 0 amide bonds. The molecule has 0 radical (unpaired) electrons. The number of alkyl halides is 1. The van der Waals surface area contributed by atoms with Gasteiger partial charge in [0.1, 0.15) is 5.76 Å². The van der Waals surface area contributed by atoms with Crippen LogP contribution in [0.3, 0.4) is 0 Å². The fourth-order valence-electron chi connectivity index (χ4n) is 2.33. The molecule has 1 atom stereocenters. The van der Waals surface area contributed by atoms with Crippen molar-refractivity contribution in [1.29, 1.82) is 0 Å². The van der Waals surface area contributed by atoms with E-state index >= 15 is 0 Å². The SMILES string of the molecule is CCn1c(=O)oc2cc(C(Cl)c3coc(C)c3)ccc21. The number of rotatable bonds is 3. The van der Waals surface area contributed by atoms with E-state index in [1.165, 1.54) is 0 Å². The quantitative estimate of drug-likeness (QED) is 0.689. The molecule has 0 spiro atoms. The Kier molecular flexibility index (Phi) is 3.18. The van der Waals surface area contributed by atoms with Crippen LogP contribution >= 0.6 is 11.6 Å². The van der Waals surface area contributed by atoms with Gasteiger partial charge in [0.25, 0.3) is 0 Å². The van der Waals surface area contributed by atoms with Crippen LogP contribution in [0.4, 0.5) is 0 Å². The lowest BCUT2D eigenvalue weighted by Gasteiger charge is -2.07. The lowest BCUT2D eigenvalue weighted by Crippen LogP contribution is -2.11. The summed E-state index contributed by atoms with van der Waals surface area (Å²) in [5.74, 6) is 0.473. The Morgan fingerprint density at radius 2 is 2.10 bits per heavy atom. The highest BCUT2D eigenvalue weighted by atomic mass is 35.5. The highest BCUT2D eigenvalue weighted by Crippen LogP contribution is 2.31. The molecular weight excluding hydrogens is 278 g/mol. The second kappa shape index (κ2) is 4.87. The number of furan rings is 1. The standard InChI is InChI=1S/C15H14ClNO3/c1-3-17-12-5-4-10(7-13(12)20-15(17)18)14(16)11-6-9(2)19-8-11/h4-8,14H,3H2,1-2H3. The first-order chi connectivity index (χ1) is 9.60. The van der Waals surface area contributed by atoms with Crippen LogP contribution in [0.1, 0.15) is 29.2 Å². The maximum Gasteiger partial charge on any atom is 0.419 e. The van der Waals surface area contributed by atoms with E-state index in [0.717, 1.165) is 22.4 Å². The molecule has 0 saturated carbocycles. The minimum atomic E-state index is -0.343. The zero-order valence-corrected chi connectivity index (χ0v) is 12.0. The summed E-state index contributed by atoms with van der Waals surface area (Å²) in [7, 11) is 0. The lowest BCUT2D eigenvalue weighted by atomic mass is 10.1. The first-order valence-corrected chi connectivity index (χ1v) is 6.86. The predicted octanol–water partition coefficient (Wildman–Crippen LogP) is 3.84. The summed E-state index contributed by atoms with van der Waals surface area (Å²) in [5.41, 5.74) is 3.10. The van der Waals surface area contributed by atoms with Gasteiger partial charge in [-0.1, -0.05) is 6.07 Å². The highest BCUT2D eigenvalue weighted by molar-refractivity contribution is 6.22. The molecule has 4 nitrogen and oxygen atoms in total. The van der Waals surface area contributed by atoms with Crippen molar-refractivity contribution in [2.45, 2.75) is 25.8 Å². The molecule has 5 heteroatoms. The van der Waals surface area contributed by atoms with Gasteiger partial charge >= 0.3 is 5.76 Å². The van der Waals surface area contributed by atoms with Gasteiger partial charge < -0.3 is 8.83 Å². The Balaban J connectivity index is 2.07. The maximum atomic E-state index is 11.7. The van der Waals surface area contributed by atoms with E-state index in [4.69, 9.17) is 20.4 Å². The third kappa shape index (κ3) is 2.06. The largest absolute Gasteiger partial charge is 0.469 e. The number of hydrogen-bond donors (Lipinski definition) is 0. The zero-order valence-electron chi connectivity index (χ0n) is 11.2. The first-order valence-electron chi connectivity index (χ1n) is 6.42. The Morgan fingerprint density at radius 1 is 1.30 bits per heavy atom. The molecule has 0 aliphatic carbocycles. The van der Waals surface area contributed by atoms with E-state index in [2.05, 4.69) is 0 Å². The van der Waals surface area contributed by atoms with Crippen molar-refractivity contribution < 1.29 is 8.83 Å². The number of halogens is 1. The topological polar surface area (TPSA) is 48.3 Å². The molecule has 104 valence electrons. The van der Waals surface area contributed by atoms with Gasteiger partial charge in [0.05, 0.1) is 17.2 Å². The summed E-state index contributed by atoms with van der Waals surface area (Å²) in [5, 5.41) is -0.327. The average molecular weight is 292 g/mol. The normalized spacial score (nSPS) is 12.9. The average Bonchev–Trinajstić information content (AvgIpc) is 2.99. The van der Waals surface area contributed by atoms with Crippen molar-refractivity contribution in [1.82, 2.24) is 4.57 Å². The van der Waals surface area contributed by atoms with Crippen LogP contribution in [0.15, 0.2) is 44.2 Å². The Hall–Kier alpha value is -1.94. The summed E-state index contributed by atoms with van der Waals surface area (Å²) in [6.07, 6.45) is 1.64. The zero-order chi connectivity index (χ0) is 14.3. The van der Waals surface area contributed by atoms with Crippen LogP contribution in [0.2, 0.25) is 0 Å². The van der Waals surface area contributed by atoms with E-state index in [1.807, 2.05) is 38.1 Å². The molecule has 1 aromatic carbocycles. The van der Waals surface area contributed by atoms with Crippen molar-refractivity contribution in [2.24, 2.45) is 0 Å². The van der Waals surface area contributed by atoms with Crippen molar-refractivity contribution in [3.05, 3.63) is 58.0 Å². The second-order valence-electron chi connectivity index (χ2n) is 4.69. The molecule has 0 saturated heterocycles. The molecular formula is C15H14ClNO3. The summed E-state index contributed by atoms with van der Waals surface area (Å²) in [4.78, 5) is 11.7. The van der Waals surface area contributed by atoms with Gasteiger partial charge in [0, 0.05) is 12.1 Å². The summed E-state index contributed by atoms with van der Waals surface area (Å²) in [6, 6.07) is 7.48. The number of aryl methyl sites for hydroxylation is 2. The third-order valence-electron chi connectivity index (χ3n) is 3.34. The fraction of sp³-hybridized carbons (Fsp3) is 0.267. The Morgan fingerprint density at radius 3 is 2.75 bits per heavy atom. The Bertz CT molecular complexity index is 812. The third-order valence-corrected chi connectivity index (χ3v) is 3.85. The predicted molar refractivity (Wildman–Crippen MR) is 77.3 cm³/mol. The van der Waals surface area contributed by atoms with Crippen LogP contribution in [0.25, 0.3) is 11.1 Å². The molecule has 0 bridgehead atoms. The monoisotopic (exact) mass is 291 g/mol. The van der Waals surface area contributed by atoms with Gasteiger partial charge in [-0.2, -0.15) is 0 Å². The van der Waals surface area contributed by atoms with Gasteiger partial charge in [0.15, 0.2) is 5.58 Å². The number of aromatic nitrogens is 1. The second-order valence-corrected chi connectivity index (χ2v) is 5.13. The van der Waals surface area contributed by atoms with Crippen LogP contribution in [-0.2, 0) is 6.54 Å². The number of fused-ring (bicyclic) bond motifs is 1. The number of benzene rings is 1. The van der Waals surface area contributed by atoms with Crippen LogP contribution in [-0.4, -0.2) is 4.57 Å². The van der Waals surface area contributed by atoms with Crippen LogP contribution in [0, 0.1) is 6.92 Å². The smallest absolute Gasteiger partial charge is 0.419 e. The van der Waals surface area contributed by atoms with Gasteiger partial charge in [-0.3, -0.25) is 4.57 Å². The highest BCUT2D eigenvalue weighted by Gasteiger charge is 2.16. The van der Waals surface area contributed by atoms with Crippen molar-refractivity contribution in [2.75, 3.05) is 0 Å². The molecule has 1 unspecified atom stereocenters. The van der Waals surface area contributed by atoms with Crippen LogP contribution in [0.5, 0.6) is 0 Å². The molecule has 2 heterocycles. The van der Waals surface area contributed by atoms with Crippen molar-refractivity contribution >= 4 is 22.7 Å². The molecule has 0 N–H and O–H groups in total. The van der Waals surface area contributed by atoms with Gasteiger partial charge in [-0.25, -0.2) is 4.79 Å². The maximum absolute atomic E-state index is 11.7. The van der Waals surface area contributed by atoms with Crippen molar-refractivity contribution in [3.63, 3.8) is 0 Å². The fourth-order valence-corrected chi connectivity index (χ4v) is 2.58. The van der Waals surface area contributed by atoms with Gasteiger partial charge in [-0.05, 0) is 37.6 Å². The molecule has 2 aromatic heterocycles. The number of hydrogen-bond acceptors (Lipinski definition) is 3. The summed E-state index contributed by atoms with van der Waals surface area (Å²) < 4.78 is 12.1. The first kappa shape index (κ1) is 13.1. The molecule has 0 aliphatic heterocycles. The van der Waals surface area contributed by atoms with E-state index in [-0.39, 0.29) is 11.1 Å². The molecule has 3 aromatic rings. The van der Waals surface area contributed by atoms with E-state index in [1.54, 1.807) is 10.8 Å². The van der Waals surface area contributed by atoms with E-state index in [0.29, 0.717) is 12.1 Å². The lowest BCUT2D eigenvalue weighted by molar-refractivity contribution is 0.513. The molecule has 20 heavy (non-hydrogen) atoms. The van der Waals surface area contributed by atoms with E-state index < -0.39 is 0 Å². The minimum absolute atomic E-state index is 0.327. The summed E-state index contributed by atoms with van der Waals surface area (Å²) >= 11 is 6.44. The number of oxazole rings is 1. The minimum Gasteiger partial charge on any atom is -0.469 e. The molecule has 3 rings (SSSR count). The van der Waals surface area contributed by atoms with E-state index in [9.17, 15) is 4.79 Å². The van der Waals surface area contributed by atoms with Crippen LogP contribution < -0.4 is 5.76 Å².